The number of carbonyl (C=O) groups excluding carboxylic acids is 3. The number of aromatic nitrogens is 2. The number of nitrogens with one attached hydrogen (secondary N) is 2. The molecular weight excluding hydrogens is 878 g/mol. The topological polar surface area (TPSA) is 139 Å². The Morgan fingerprint density at radius 3 is 2.46 bits per heavy atom. The molecule has 0 spiro atoms. The van der Waals surface area contributed by atoms with Crippen molar-refractivity contribution in [2.45, 2.75) is 76.5 Å². The van der Waals surface area contributed by atoms with Crippen LogP contribution in [0.3, 0.4) is 0 Å². The molecule has 68 heavy (non-hydrogen) atoms. The average Bonchev–Trinajstić information content (AvgIpc) is 3.99. The number of halogens is 3. The van der Waals surface area contributed by atoms with E-state index in [0.29, 0.717) is 57.0 Å². The molecule has 4 fully saturated rings. The third-order valence-electron chi connectivity index (χ3n) is 14.1. The van der Waals surface area contributed by atoms with Crippen LogP contribution in [0.15, 0.2) is 100 Å². The SMILES string of the molecule is CN1CNN=C1Cc1cccc(-n2cc3c(C(F)(F)F)cc(CN4CCC[C@H](OCc5ccc(CN6CCN(C7C=C8C[N+](=CC9CCC(=O)NC9=O)C(=O)C8=CC7)CC6)cc5)C4)cn3c2=O)c1. The first-order valence-electron chi connectivity index (χ1n) is 23.5. The largest absolute Gasteiger partial charge is 0.419 e. The van der Waals surface area contributed by atoms with E-state index in [-0.39, 0.29) is 48.3 Å². The zero-order valence-corrected chi connectivity index (χ0v) is 38.1. The van der Waals surface area contributed by atoms with Gasteiger partial charge in [-0.05, 0) is 72.7 Å². The van der Waals surface area contributed by atoms with Gasteiger partial charge >= 0.3 is 17.8 Å². The molecule has 7 heterocycles. The number of amidine groups is 1. The summed E-state index contributed by atoms with van der Waals surface area (Å²) < 4.78 is 54.2. The zero-order valence-electron chi connectivity index (χ0n) is 38.1. The molecule has 15 nitrogen and oxygen atoms in total. The van der Waals surface area contributed by atoms with Gasteiger partial charge in [0.1, 0.15) is 18.4 Å². The van der Waals surface area contributed by atoms with Crippen molar-refractivity contribution in [3.63, 3.8) is 0 Å². The van der Waals surface area contributed by atoms with E-state index >= 15 is 0 Å². The molecule has 0 radical (unpaired) electrons. The first-order chi connectivity index (χ1) is 32.8. The molecular formula is C50H56F3N10O5+. The molecule has 4 aromatic rings. The Morgan fingerprint density at radius 2 is 1.69 bits per heavy atom. The van der Waals surface area contributed by atoms with Gasteiger partial charge in [0.15, 0.2) is 12.8 Å². The third kappa shape index (κ3) is 9.86. The van der Waals surface area contributed by atoms with Gasteiger partial charge in [0, 0.05) is 89.7 Å². The first-order valence-corrected chi connectivity index (χ1v) is 23.5. The third-order valence-corrected chi connectivity index (χ3v) is 14.1. The van der Waals surface area contributed by atoms with E-state index in [1.807, 2.05) is 30.2 Å². The molecule has 6 aliphatic rings. The summed E-state index contributed by atoms with van der Waals surface area (Å²) in [5.41, 5.74) is 7.09. The van der Waals surface area contributed by atoms with Crippen molar-refractivity contribution in [2.75, 3.05) is 59.5 Å². The van der Waals surface area contributed by atoms with Crippen LogP contribution < -0.4 is 16.4 Å². The predicted molar refractivity (Wildman–Crippen MR) is 248 cm³/mol. The molecule has 2 unspecified atom stereocenters. The first kappa shape index (κ1) is 45.6. The number of ether oxygens (including phenoxy) is 1. The highest BCUT2D eigenvalue weighted by Crippen LogP contribution is 2.34. The molecule has 2 aromatic heterocycles. The lowest BCUT2D eigenvalue weighted by Gasteiger charge is -2.39. The lowest BCUT2D eigenvalue weighted by molar-refractivity contribution is -0.424. The molecule has 2 aromatic carbocycles. The highest BCUT2D eigenvalue weighted by Gasteiger charge is 2.41. The smallest absolute Gasteiger partial charge is 0.372 e. The zero-order chi connectivity index (χ0) is 47.1. The fourth-order valence-corrected chi connectivity index (χ4v) is 10.3. The van der Waals surface area contributed by atoms with E-state index in [0.717, 1.165) is 84.5 Å². The highest BCUT2D eigenvalue weighted by molar-refractivity contribution is 6.06. The molecule has 5 aliphatic heterocycles. The summed E-state index contributed by atoms with van der Waals surface area (Å²) in [5.74, 6) is -0.354. The van der Waals surface area contributed by atoms with Crippen LogP contribution in [0.1, 0.15) is 59.9 Å². The Hall–Kier alpha value is -6.21. The number of rotatable bonds is 12. The number of hydrogen-bond acceptors (Lipinski definition) is 11. The summed E-state index contributed by atoms with van der Waals surface area (Å²) >= 11 is 0. The van der Waals surface area contributed by atoms with Crippen molar-refractivity contribution < 1.29 is 36.9 Å². The van der Waals surface area contributed by atoms with Crippen LogP contribution in [0.5, 0.6) is 0 Å². The number of hydrazone groups is 1. The maximum Gasteiger partial charge on any atom is 0.419 e. The number of piperazine rings is 1. The van der Waals surface area contributed by atoms with Crippen LogP contribution in [-0.2, 0) is 51.4 Å². The number of imide groups is 1. The number of amides is 3. The number of likely N-dealkylation sites (tertiary alicyclic amines) is 1. The molecule has 1 aliphatic carbocycles. The van der Waals surface area contributed by atoms with E-state index in [1.54, 1.807) is 22.9 Å². The summed E-state index contributed by atoms with van der Waals surface area (Å²) in [7, 11) is 1.92. The van der Waals surface area contributed by atoms with Gasteiger partial charge in [-0.3, -0.25) is 44.0 Å². The second kappa shape index (κ2) is 19.1. The molecule has 2 N–H and O–H groups in total. The van der Waals surface area contributed by atoms with Gasteiger partial charge in [-0.2, -0.15) is 22.8 Å². The number of fused-ring (bicyclic) bond motifs is 2. The maximum atomic E-state index is 14.6. The number of carbonyl (C=O) groups is 3. The summed E-state index contributed by atoms with van der Waals surface area (Å²) in [6.07, 6.45) is 7.67. The van der Waals surface area contributed by atoms with Crippen molar-refractivity contribution in [1.82, 2.24) is 39.3 Å². The molecule has 4 saturated heterocycles. The van der Waals surface area contributed by atoms with Crippen LogP contribution in [0.25, 0.3) is 11.2 Å². The Balaban J connectivity index is 0.708. The Morgan fingerprint density at radius 1 is 0.897 bits per heavy atom. The van der Waals surface area contributed by atoms with Crippen molar-refractivity contribution in [3.8, 4) is 5.69 Å². The van der Waals surface area contributed by atoms with Gasteiger partial charge < -0.3 is 9.64 Å². The van der Waals surface area contributed by atoms with Crippen molar-refractivity contribution in [3.05, 3.63) is 129 Å². The predicted octanol–water partition coefficient (Wildman–Crippen LogP) is 4.06. The molecule has 10 rings (SSSR count). The average molecular weight is 934 g/mol. The van der Waals surface area contributed by atoms with Gasteiger partial charge in [0.25, 0.3) is 0 Å². The van der Waals surface area contributed by atoms with E-state index in [4.69, 9.17) is 4.74 Å². The summed E-state index contributed by atoms with van der Waals surface area (Å²) in [5, 5.41) is 6.67. The van der Waals surface area contributed by atoms with E-state index < -0.39 is 23.3 Å². The van der Waals surface area contributed by atoms with Crippen LogP contribution in [0, 0.1) is 5.92 Å². The second-order valence-corrected chi connectivity index (χ2v) is 18.9. The number of benzene rings is 2. The van der Waals surface area contributed by atoms with Gasteiger partial charge in [-0.1, -0.05) is 48.6 Å². The molecule has 0 bridgehead atoms. The molecule has 3 amide bonds. The van der Waals surface area contributed by atoms with Crippen molar-refractivity contribution >= 4 is 35.3 Å². The number of piperidine rings is 2. The monoisotopic (exact) mass is 933 g/mol. The Bertz CT molecular complexity index is 2800. The number of imidazole rings is 1. The maximum absolute atomic E-state index is 14.6. The summed E-state index contributed by atoms with van der Waals surface area (Å²) in [4.78, 5) is 59.8. The van der Waals surface area contributed by atoms with E-state index in [1.165, 1.54) is 28.6 Å². The van der Waals surface area contributed by atoms with Crippen LogP contribution in [0.2, 0.25) is 0 Å². The standard InChI is InChI=1S/C50H55F3N10O5/c1-57-32-54-56-45(57)22-35-4-2-5-40(20-35)62-30-44-43(50(51,52)53)21-36(26-63(44)49(62)67)25-59-15-3-6-41(29-59)68-31-34-9-7-33(8-10-34)24-58-16-18-60(19-17-58)39-12-13-42-38(23-39)28-61(48(42)66)27-37-11-14-46(64)55-47(37)65/h2,4-5,7-10,13,20-21,23,26-27,30,37,39,41,54H,3,6,11-12,14-19,22,24-25,28-29,31-32H2,1H3/p+1/t37?,39?,41-/m0/s1. The molecule has 0 saturated carbocycles. The van der Waals surface area contributed by atoms with Crippen molar-refractivity contribution in [1.29, 1.82) is 0 Å². The number of hydrogen-bond donors (Lipinski definition) is 2. The lowest BCUT2D eigenvalue weighted by Crippen LogP contribution is -2.49. The highest BCUT2D eigenvalue weighted by atomic mass is 19.4. The van der Waals surface area contributed by atoms with Gasteiger partial charge in [-0.25, -0.2) is 9.59 Å². The lowest BCUT2D eigenvalue weighted by atomic mass is 9.95. The molecule has 18 heteroatoms. The van der Waals surface area contributed by atoms with E-state index in [2.05, 4.69) is 60.9 Å². The normalized spacial score (nSPS) is 23.7. The molecule has 3 atom stereocenters. The minimum Gasteiger partial charge on any atom is -0.372 e. The quantitative estimate of drug-likeness (QED) is 0.158. The Labute approximate surface area is 391 Å². The summed E-state index contributed by atoms with van der Waals surface area (Å²) in [6, 6.07) is 17.1. The summed E-state index contributed by atoms with van der Waals surface area (Å²) in [6.45, 7) is 7.50. The van der Waals surface area contributed by atoms with Crippen LogP contribution in [-0.4, -0.2) is 135 Å². The molecule has 356 valence electrons. The van der Waals surface area contributed by atoms with Gasteiger partial charge in [-0.15, -0.1) is 0 Å². The van der Waals surface area contributed by atoms with Crippen molar-refractivity contribution in [2.24, 2.45) is 11.0 Å². The Kier molecular flexibility index (Phi) is 12.8. The number of likely N-dealkylation sites (N-methyl/N-ethyl adjacent to an activating group) is 1. The van der Waals surface area contributed by atoms with E-state index in [9.17, 15) is 32.3 Å². The fourth-order valence-electron chi connectivity index (χ4n) is 10.3. The van der Waals surface area contributed by atoms with Gasteiger partial charge in [0.2, 0.25) is 11.8 Å². The van der Waals surface area contributed by atoms with Crippen LogP contribution in [0.4, 0.5) is 13.2 Å². The minimum absolute atomic E-state index is 0.0828. The fraction of sp³-hybridized carbons (Fsp3) is 0.440. The number of alkyl halides is 3. The minimum atomic E-state index is -4.67. The van der Waals surface area contributed by atoms with Gasteiger partial charge in [0.05, 0.1) is 35.1 Å². The number of nitrogens with zero attached hydrogens (tertiary/aromatic N) is 8. The number of pyridine rings is 1. The van der Waals surface area contributed by atoms with Crippen LogP contribution >= 0.6 is 0 Å². The second-order valence-electron chi connectivity index (χ2n) is 18.9.